The van der Waals surface area contributed by atoms with Gasteiger partial charge in [-0.25, -0.2) is 0 Å². The lowest BCUT2D eigenvalue weighted by Gasteiger charge is -2.30. The molecular weight excluding hydrogens is 208 g/mol. The van der Waals surface area contributed by atoms with Crippen molar-refractivity contribution < 1.29 is 18.9 Å². The summed E-state index contributed by atoms with van der Waals surface area (Å²) in [6, 6.07) is 0. The Morgan fingerprint density at radius 1 is 1.31 bits per heavy atom. The number of hydrogen-bond donors (Lipinski definition) is 0. The van der Waals surface area contributed by atoms with Gasteiger partial charge in [0.1, 0.15) is 11.7 Å². The lowest BCUT2D eigenvalue weighted by atomic mass is 9.95. The van der Waals surface area contributed by atoms with Crippen molar-refractivity contribution in [3.05, 3.63) is 12.7 Å². The highest BCUT2D eigenvalue weighted by atomic mass is 16.8. The molecule has 0 amide bonds. The van der Waals surface area contributed by atoms with Crippen LogP contribution in [0.25, 0.3) is 0 Å². The van der Waals surface area contributed by atoms with Crippen LogP contribution in [0.1, 0.15) is 27.2 Å². The van der Waals surface area contributed by atoms with Crippen LogP contribution in [0.2, 0.25) is 0 Å². The zero-order valence-corrected chi connectivity index (χ0v) is 10.8. The Morgan fingerprint density at radius 2 is 1.88 bits per heavy atom. The molecule has 0 saturated carbocycles. The summed E-state index contributed by atoms with van der Waals surface area (Å²) in [5, 5.41) is 0. The molecule has 0 N–H and O–H groups in total. The van der Waals surface area contributed by atoms with Gasteiger partial charge in [0.2, 0.25) is 0 Å². The molecule has 1 rings (SSSR count). The molecule has 1 aliphatic heterocycles. The van der Waals surface area contributed by atoms with Gasteiger partial charge >= 0.3 is 0 Å². The smallest absolute Gasteiger partial charge is 0.164 e. The molecule has 2 atom stereocenters. The Labute approximate surface area is 97.5 Å². The lowest BCUT2D eigenvalue weighted by molar-refractivity contribution is -0.184. The molecule has 4 nitrogen and oxygen atoms in total. The first kappa shape index (κ1) is 13.6. The van der Waals surface area contributed by atoms with E-state index >= 15 is 0 Å². The fraction of sp³-hybridized carbons (Fsp3) is 0.833. The number of methoxy groups -OCH3 is 2. The van der Waals surface area contributed by atoms with Crippen LogP contribution < -0.4 is 0 Å². The quantitative estimate of drug-likeness (QED) is 0.535. The van der Waals surface area contributed by atoms with E-state index in [4.69, 9.17) is 18.9 Å². The molecule has 94 valence electrons. The molecule has 0 aromatic heterocycles. The van der Waals surface area contributed by atoms with Crippen LogP contribution in [0, 0.1) is 0 Å². The second-order valence-electron chi connectivity index (χ2n) is 4.69. The Hall–Kier alpha value is -0.420. The monoisotopic (exact) mass is 230 g/mol. The largest absolute Gasteiger partial charge is 0.356 e. The molecule has 1 saturated heterocycles. The van der Waals surface area contributed by atoms with Gasteiger partial charge in [-0.3, -0.25) is 0 Å². The normalized spacial score (nSPS) is 33.2. The van der Waals surface area contributed by atoms with Crippen molar-refractivity contribution in [1.29, 1.82) is 0 Å². The maximum absolute atomic E-state index is 5.92. The molecule has 0 aromatic rings. The topological polar surface area (TPSA) is 36.9 Å². The van der Waals surface area contributed by atoms with E-state index in [9.17, 15) is 0 Å². The lowest BCUT2D eigenvalue weighted by Crippen LogP contribution is -2.40. The minimum absolute atomic E-state index is 0.157. The molecule has 0 aliphatic carbocycles. The maximum atomic E-state index is 5.92. The summed E-state index contributed by atoms with van der Waals surface area (Å²) >= 11 is 0. The van der Waals surface area contributed by atoms with Crippen LogP contribution in [0.5, 0.6) is 0 Å². The predicted octanol–water partition coefficient (Wildman–Crippen LogP) is 2.09. The van der Waals surface area contributed by atoms with E-state index < -0.39 is 11.4 Å². The summed E-state index contributed by atoms with van der Waals surface area (Å²) < 4.78 is 22.1. The van der Waals surface area contributed by atoms with Crippen LogP contribution in [0.4, 0.5) is 0 Å². The van der Waals surface area contributed by atoms with E-state index in [-0.39, 0.29) is 12.4 Å². The fourth-order valence-corrected chi connectivity index (χ4v) is 2.12. The first-order valence-corrected chi connectivity index (χ1v) is 5.43. The van der Waals surface area contributed by atoms with Crippen LogP contribution in [-0.4, -0.2) is 38.0 Å². The molecule has 16 heavy (non-hydrogen) atoms. The van der Waals surface area contributed by atoms with Crippen molar-refractivity contribution in [2.75, 3.05) is 14.2 Å². The van der Waals surface area contributed by atoms with Crippen LogP contribution >= 0.6 is 0 Å². The summed E-state index contributed by atoms with van der Waals surface area (Å²) in [4.78, 5) is 0. The number of hydrogen-bond acceptors (Lipinski definition) is 4. The fourth-order valence-electron chi connectivity index (χ4n) is 2.12. The van der Waals surface area contributed by atoms with Crippen molar-refractivity contribution in [3.8, 4) is 0 Å². The van der Waals surface area contributed by atoms with Crippen LogP contribution in [-0.2, 0) is 18.9 Å². The molecular formula is C12H22O4. The van der Waals surface area contributed by atoms with Crippen molar-refractivity contribution in [1.82, 2.24) is 0 Å². The molecule has 0 unspecified atom stereocenters. The second-order valence-corrected chi connectivity index (χ2v) is 4.69. The molecule has 1 heterocycles. The van der Waals surface area contributed by atoms with Gasteiger partial charge in [-0.1, -0.05) is 6.08 Å². The minimum atomic E-state index is -0.598. The average molecular weight is 230 g/mol. The molecule has 4 heteroatoms. The van der Waals surface area contributed by atoms with Gasteiger partial charge in [-0.2, -0.15) is 0 Å². The van der Waals surface area contributed by atoms with Gasteiger partial charge < -0.3 is 18.9 Å². The zero-order valence-electron chi connectivity index (χ0n) is 10.8. The molecule has 0 spiro atoms. The first-order valence-electron chi connectivity index (χ1n) is 5.43. The van der Waals surface area contributed by atoms with Gasteiger partial charge in [0, 0.05) is 20.6 Å². The highest BCUT2D eigenvalue weighted by Crippen LogP contribution is 2.40. The molecule has 0 bridgehead atoms. The van der Waals surface area contributed by atoms with E-state index in [0.717, 1.165) is 0 Å². The third-order valence-corrected chi connectivity index (χ3v) is 2.80. The highest BCUT2D eigenvalue weighted by molar-refractivity contribution is 5.02. The third kappa shape index (κ3) is 2.83. The summed E-state index contributed by atoms with van der Waals surface area (Å²) in [5.74, 6) is -0.598. The standard InChI is InChI=1S/C12H22O4/c1-7-9-12(4,8-10(13-5)14-6)16-11(2,3)15-9/h7,9-10H,1,8H2,2-6H3/t9-,12+/m1/s1. The average Bonchev–Trinajstić information content (AvgIpc) is 2.45. The third-order valence-electron chi connectivity index (χ3n) is 2.80. The van der Waals surface area contributed by atoms with Crippen LogP contribution in [0.3, 0.4) is 0 Å². The Morgan fingerprint density at radius 3 is 2.31 bits per heavy atom. The summed E-state index contributed by atoms with van der Waals surface area (Å²) in [5.41, 5.74) is -0.470. The Bertz CT molecular complexity index is 247. The van der Waals surface area contributed by atoms with E-state index in [1.807, 2.05) is 20.8 Å². The van der Waals surface area contributed by atoms with Crippen molar-refractivity contribution >= 4 is 0 Å². The van der Waals surface area contributed by atoms with Gasteiger partial charge in [0.25, 0.3) is 0 Å². The van der Waals surface area contributed by atoms with E-state index in [1.54, 1.807) is 20.3 Å². The summed E-state index contributed by atoms with van der Waals surface area (Å²) in [6.07, 6.45) is 1.90. The van der Waals surface area contributed by atoms with E-state index in [1.165, 1.54) is 0 Å². The number of ether oxygens (including phenoxy) is 4. The van der Waals surface area contributed by atoms with Gasteiger partial charge in [-0.05, 0) is 20.8 Å². The molecule has 1 aliphatic rings. The van der Waals surface area contributed by atoms with Gasteiger partial charge in [0.15, 0.2) is 12.1 Å². The van der Waals surface area contributed by atoms with E-state index in [2.05, 4.69) is 6.58 Å². The highest BCUT2D eigenvalue weighted by Gasteiger charge is 2.49. The van der Waals surface area contributed by atoms with Crippen molar-refractivity contribution in [2.24, 2.45) is 0 Å². The van der Waals surface area contributed by atoms with Gasteiger partial charge in [-0.15, -0.1) is 6.58 Å². The minimum Gasteiger partial charge on any atom is -0.356 e. The van der Waals surface area contributed by atoms with E-state index in [0.29, 0.717) is 6.42 Å². The Kier molecular flexibility index (Phi) is 4.12. The SMILES string of the molecule is C=C[C@H]1OC(C)(C)O[C@@]1(C)CC(OC)OC. The summed E-state index contributed by atoms with van der Waals surface area (Å²) in [7, 11) is 3.22. The van der Waals surface area contributed by atoms with Crippen molar-refractivity contribution in [3.63, 3.8) is 0 Å². The van der Waals surface area contributed by atoms with Crippen molar-refractivity contribution in [2.45, 2.75) is 51.0 Å². The molecule has 0 aromatic carbocycles. The first-order chi connectivity index (χ1) is 7.37. The van der Waals surface area contributed by atoms with Gasteiger partial charge in [0.05, 0.1) is 0 Å². The predicted molar refractivity (Wildman–Crippen MR) is 61.1 cm³/mol. The Balaban J connectivity index is 2.77. The number of rotatable bonds is 5. The van der Waals surface area contributed by atoms with Crippen LogP contribution in [0.15, 0.2) is 12.7 Å². The molecule has 1 fully saturated rings. The second kappa shape index (κ2) is 4.84. The molecule has 0 radical (unpaired) electrons. The summed E-state index contributed by atoms with van der Waals surface area (Å²) in [6.45, 7) is 9.55. The maximum Gasteiger partial charge on any atom is 0.164 e. The zero-order chi connectivity index (χ0) is 12.4.